The molecule has 3 atom stereocenters. The maximum absolute atomic E-state index is 13.1. The first-order chi connectivity index (χ1) is 19.8. The molecular weight excluding hydrogens is 520 g/mol. The van der Waals surface area contributed by atoms with Gasteiger partial charge in [-0.25, -0.2) is 0 Å². The zero-order valence-corrected chi connectivity index (χ0v) is 24.1. The van der Waals surface area contributed by atoms with Crippen LogP contribution in [0.1, 0.15) is 87.1 Å². The van der Waals surface area contributed by atoms with E-state index in [0.717, 1.165) is 88.4 Å². The maximum Gasteiger partial charge on any atom is 0.255 e. The molecule has 7 rings (SSSR count). The number of piperidine rings is 2. The van der Waals surface area contributed by atoms with Gasteiger partial charge in [-0.15, -0.1) is 0 Å². The summed E-state index contributed by atoms with van der Waals surface area (Å²) in [6.07, 6.45) is 9.69. The number of fused-ring (bicyclic) bond motifs is 1. The van der Waals surface area contributed by atoms with Gasteiger partial charge in [-0.2, -0.15) is 0 Å². The molecule has 3 saturated heterocycles. The van der Waals surface area contributed by atoms with E-state index < -0.39 is 6.04 Å². The minimum atomic E-state index is -0.603. The van der Waals surface area contributed by atoms with Crippen molar-refractivity contribution in [2.24, 2.45) is 17.3 Å². The number of hydrogen-bond acceptors (Lipinski definition) is 6. The van der Waals surface area contributed by atoms with Crippen molar-refractivity contribution in [1.82, 2.24) is 20.0 Å². The maximum atomic E-state index is 13.1. The van der Waals surface area contributed by atoms with Gasteiger partial charge in [0.1, 0.15) is 17.9 Å². The van der Waals surface area contributed by atoms with Crippen molar-refractivity contribution in [3.8, 4) is 5.75 Å². The van der Waals surface area contributed by atoms with Crippen LogP contribution in [0.3, 0.4) is 0 Å². The lowest BCUT2D eigenvalue weighted by Gasteiger charge is -2.51. The molecule has 6 aliphatic rings. The molecule has 1 unspecified atom stereocenters. The lowest BCUT2D eigenvalue weighted by atomic mass is 9.77. The highest BCUT2D eigenvalue weighted by Gasteiger charge is 2.48. The van der Waals surface area contributed by atoms with Crippen molar-refractivity contribution in [1.29, 1.82) is 0 Å². The van der Waals surface area contributed by atoms with Gasteiger partial charge in [-0.3, -0.25) is 29.4 Å². The molecule has 1 aromatic rings. The van der Waals surface area contributed by atoms with Gasteiger partial charge in [0.25, 0.3) is 5.91 Å². The van der Waals surface area contributed by atoms with Gasteiger partial charge < -0.3 is 14.5 Å². The Balaban J connectivity index is 0.940. The van der Waals surface area contributed by atoms with Gasteiger partial charge in [-0.1, -0.05) is 13.3 Å². The number of ether oxygens (including phenoxy) is 1. The molecule has 9 nitrogen and oxygen atoms in total. The molecule has 220 valence electrons. The van der Waals surface area contributed by atoms with E-state index in [9.17, 15) is 19.2 Å². The van der Waals surface area contributed by atoms with Crippen molar-refractivity contribution in [3.63, 3.8) is 0 Å². The second-order valence-corrected chi connectivity index (χ2v) is 13.6. The summed E-state index contributed by atoms with van der Waals surface area (Å²) in [5.41, 5.74) is 1.44. The Kier molecular flexibility index (Phi) is 6.83. The lowest BCUT2D eigenvalue weighted by molar-refractivity contribution is -0.139. The Morgan fingerprint density at radius 1 is 0.976 bits per heavy atom. The van der Waals surface area contributed by atoms with Gasteiger partial charge in [0.05, 0.1) is 0 Å². The highest BCUT2D eigenvalue weighted by molar-refractivity contribution is 6.05. The van der Waals surface area contributed by atoms with Crippen molar-refractivity contribution < 1.29 is 23.9 Å². The lowest BCUT2D eigenvalue weighted by Crippen LogP contribution is -2.60. The zero-order chi connectivity index (χ0) is 28.3. The molecule has 9 heteroatoms. The molecule has 0 bridgehead atoms. The number of carbonyl (C=O) groups excluding carboxylic acids is 4. The minimum absolute atomic E-state index is 0.0581. The third kappa shape index (κ3) is 5.04. The van der Waals surface area contributed by atoms with Crippen LogP contribution in [-0.4, -0.2) is 82.7 Å². The average molecular weight is 563 g/mol. The van der Waals surface area contributed by atoms with E-state index in [0.29, 0.717) is 36.4 Å². The van der Waals surface area contributed by atoms with Gasteiger partial charge in [0.2, 0.25) is 17.7 Å². The Hall–Kier alpha value is -2.94. The SMILES string of the molecule is CC1(C(=O)N2CCC(C3CN([C@H]4CCCC[C@@H]4Oc4ccc5c(c4)CN(C4CCC(=O)NC4=O)C5=O)C3)CC2)CC1. The number of carbonyl (C=O) groups is 4. The molecule has 0 spiro atoms. The largest absolute Gasteiger partial charge is 0.489 e. The molecule has 1 N–H and O–H groups in total. The van der Waals surface area contributed by atoms with Crippen molar-refractivity contribution in [2.75, 3.05) is 26.2 Å². The summed E-state index contributed by atoms with van der Waals surface area (Å²) < 4.78 is 6.62. The standard InChI is InChI=1S/C32H42N4O5/c1-32(12-13-32)31(40)34-14-10-20(11-15-34)22-17-35(18-22)25-4-2-3-5-27(25)41-23-6-7-24-21(16-23)19-36(30(24)39)26-8-9-28(37)33-29(26)38/h6-7,16,20,22,25-27H,2-5,8-15,17-19H2,1H3,(H,33,37,38)/t25-,26?,27-/m0/s1. The fourth-order valence-corrected chi connectivity index (χ4v) is 7.91. The minimum Gasteiger partial charge on any atom is -0.489 e. The zero-order valence-electron chi connectivity index (χ0n) is 24.1. The van der Waals surface area contributed by atoms with Gasteiger partial charge in [0.15, 0.2) is 0 Å². The summed E-state index contributed by atoms with van der Waals surface area (Å²) in [7, 11) is 0. The van der Waals surface area contributed by atoms with E-state index in [4.69, 9.17) is 4.74 Å². The van der Waals surface area contributed by atoms with Crippen molar-refractivity contribution in [2.45, 2.75) is 95.9 Å². The Labute approximate surface area is 241 Å². The topological polar surface area (TPSA) is 99.3 Å². The second-order valence-electron chi connectivity index (χ2n) is 13.6. The normalized spacial score (nSPS) is 30.6. The number of nitrogens with one attached hydrogen (secondary N) is 1. The number of rotatable bonds is 6. The molecule has 4 aliphatic heterocycles. The highest BCUT2D eigenvalue weighted by Crippen LogP contribution is 2.47. The summed E-state index contributed by atoms with van der Waals surface area (Å²) in [5, 5.41) is 2.37. The molecule has 1 aromatic carbocycles. The summed E-state index contributed by atoms with van der Waals surface area (Å²) in [6, 6.07) is 5.50. The summed E-state index contributed by atoms with van der Waals surface area (Å²) >= 11 is 0. The molecule has 4 amide bonds. The van der Waals surface area contributed by atoms with E-state index >= 15 is 0 Å². The molecule has 4 heterocycles. The summed E-state index contributed by atoms with van der Waals surface area (Å²) in [4.78, 5) is 56.1. The van der Waals surface area contributed by atoms with Crippen LogP contribution in [-0.2, 0) is 20.9 Å². The molecule has 0 radical (unpaired) electrons. The second kappa shape index (κ2) is 10.4. The van der Waals surface area contributed by atoms with Crippen LogP contribution < -0.4 is 10.1 Å². The quantitative estimate of drug-likeness (QED) is 0.535. The molecule has 41 heavy (non-hydrogen) atoms. The molecule has 5 fully saturated rings. The van der Waals surface area contributed by atoms with Crippen LogP contribution in [0.15, 0.2) is 18.2 Å². The van der Waals surface area contributed by atoms with Gasteiger partial charge in [0, 0.05) is 56.2 Å². The molecular formula is C32H42N4O5. The van der Waals surface area contributed by atoms with Crippen molar-refractivity contribution in [3.05, 3.63) is 29.3 Å². The number of imide groups is 1. The number of nitrogens with zero attached hydrogens (tertiary/aromatic N) is 3. The smallest absolute Gasteiger partial charge is 0.255 e. The van der Waals surface area contributed by atoms with Crippen LogP contribution in [0.2, 0.25) is 0 Å². The molecule has 2 aliphatic carbocycles. The fraction of sp³-hybridized carbons (Fsp3) is 0.688. The fourth-order valence-electron chi connectivity index (χ4n) is 7.91. The van der Waals surface area contributed by atoms with E-state index in [-0.39, 0.29) is 35.7 Å². The predicted molar refractivity (Wildman–Crippen MR) is 151 cm³/mol. The van der Waals surface area contributed by atoms with Gasteiger partial charge in [-0.05, 0) is 87.0 Å². The number of hydrogen-bond donors (Lipinski definition) is 1. The summed E-state index contributed by atoms with van der Waals surface area (Å²) in [5.74, 6) is 1.79. The Morgan fingerprint density at radius 2 is 1.73 bits per heavy atom. The van der Waals surface area contributed by atoms with Crippen molar-refractivity contribution >= 4 is 23.6 Å². The van der Waals surface area contributed by atoms with Gasteiger partial charge >= 0.3 is 0 Å². The predicted octanol–water partition coefficient (Wildman–Crippen LogP) is 3.11. The third-order valence-corrected chi connectivity index (χ3v) is 10.9. The highest BCUT2D eigenvalue weighted by atomic mass is 16.5. The Morgan fingerprint density at radius 3 is 2.46 bits per heavy atom. The molecule has 0 aromatic heterocycles. The third-order valence-electron chi connectivity index (χ3n) is 10.9. The monoisotopic (exact) mass is 562 g/mol. The number of likely N-dealkylation sites (tertiary alicyclic amines) is 2. The van der Waals surface area contributed by atoms with E-state index in [1.54, 1.807) is 4.90 Å². The van der Waals surface area contributed by atoms with E-state index in [1.807, 2.05) is 18.2 Å². The average Bonchev–Trinajstić information content (AvgIpc) is 3.62. The first-order valence-corrected chi connectivity index (χ1v) is 15.8. The van der Waals surface area contributed by atoms with E-state index in [1.165, 1.54) is 6.42 Å². The first kappa shape index (κ1) is 26.9. The number of amides is 4. The van der Waals surface area contributed by atoms with Crippen LogP contribution in [0.5, 0.6) is 5.75 Å². The van der Waals surface area contributed by atoms with Crippen LogP contribution >= 0.6 is 0 Å². The Bertz CT molecular complexity index is 1250. The molecule has 2 saturated carbocycles. The van der Waals surface area contributed by atoms with Crippen LogP contribution in [0.4, 0.5) is 0 Å². The van der Waals surface area contributed by atoms with E-state index in [2.05, 4.69) is 22.0 Å². The van der Waals surface area contributed by atoms with Crippen LogP contribution in [0.25, 0.3) is 0 Å². The number of benzene rings is 1. The first-order valence-electron chi connectivity index (χ1n) is 15.8. The summed E-state index contributed by atoms with van der Waals surface area (Å²) in [6.45, 7) is 6.58. The van der Waals surface area contributed by atoms with Crippen LogP contribution in [0, 0.1) is 17.3 Å².